The van der Waals surface area contributed by atoms with E-state index in [-0.39, 0.29) is 56.0 Å². The number of nitrogens with zero attached hydrogens (tertiary/aromatic N) is 1. The number of anilines is 1. The summed E-state index contributed by atoms with van der Waals surface area (Å²) in [7, 11) is -12.6. The number of fused-ring (bicyclic) bond motifs is 1. The van der Waals surface area contributed by atoms with Crippen LogP contribution in [0.4, 0.5) is 5.69 Å². The monoisotopic (exact) mass is 481 g/mol. The van der Waals surface area contributed by atoms with E-state index in [4.69, 9.17) is 4.18 Å². The van der Waals surface area contributed by atoms with E-state index in [1.54, 1.807) is 0 Å². The van der Waals surface area contributed by atoms with Crippen LogP contribution in [0.15, 0.2) is 35.2 Å². The van der Waals surface area contributed by atoms with Gasteiger partial charge in [0, 0.05) is 10.8 Å². The average molecular weight is 482 g/mol. The predicted molar refractivity (Wildman–Crippen MR) is 102 cm³/mol. The van der Waals surface area contributed by atoms with E-state index >= 15 is 0 Å². The molecule has 0 radical (unpaired) electrons. The number of hydrogen-bond acceptors (Lipinski definition) is 8. The zero-order chi connectivity index (χ0) is 20.8. The van der Waals surface area contributed by atoms with E-state index in [1.165, 1.54) is 24.3 Å². The van der Waals surface area contributed by atoms with E-state index in [9.17, 15) is 34.0 Å². The fraction of sp³-hybridized carbons (Fsp3) is 0.231. The summed E-state index contributed by atoms with van der Waals surface area (Å²) < 4.78 is 97.2. The van der Waals surface area contributed by atoms with Crippen molar-refractivity contribution in [1.82, 2.24) is 0 Å². The molecule has 28 heavy (non-hydrogen) atoms. The van der Waals surface area contributed by atoms with Crippen molar-refractivity contribution in [3.8, 4) is 5.75 Å². The van der Waals surface area contributed by atoms with Crippen molar-refractivity contribution >= 4 is 57.7 Å². The third-order valence-corrected chi connectivity index (χ3v) is 7.56. The van der Waals surface area contributed by atoms with Crippen molar-refractivity contribution in [3.05, 3.63) is 30.3 Å². The van der Waals surface area contributed by atoms with Crippen LogP contribution in [0.3, 0.4) is 0 Å². The van der Waals surface area contributed by atoms with Crippen LogP contribution in [0.2, 0.25) is 0 Å². The zero-order valence-electron chi connectivity index (χ0n) is 16.2. The molecule has 0 aliphatic carbocycles. The summed E-state index contributed by atoms with van der Waals surface area (Å²) >= 11 is -2.62. The molecule has 0 fully saturated rings. The molecule has 2 rings (SSSR count). The number of rotatable bonds is 6. The van der Waals surface area contributed by atoms with Gasteiger partial charge in [0.15, 0.2) is 16.8 Å². The first-order chi connectivity index (χ1) is 12.1. The molecular weight excluding hydrogens is 465 g/mol. The minimum atomic E-state index is -4.26. The molecular formula is C13H16NNaO9S4. The second-order valence-electron chi connectivity index (χ2n) is 5.52. The SMILES string of the molecule is CS(=O)(=O)Oc1c(S(=O)O)ccc2c(N(S(C)(=O)=O)S(C)(=O)=O)cccc12.[H-].[Na+]. The second kappa shape index (κ2) is 8.55. The molecule has 1 atom stereocenters. The van der Waals surface area contributed by atoms with Gasteiger partial charge in [-0.1, -0.05) is 18.2 Å². The molecule has 0 bridgehead atoms. The topological polar surface area (TPSA) is 152 Å². The van der Waals surface area contributed by atoms with Gasteiger partial charge in [-0.25, -0.2) is 21.0 Å². The Morgan fingerprint density at radius 1 is 0.929 bits per heavy atom. The summed E-state index contributed by atoms with van der Waals surface area (Å²) in [5.74, 6) is -0.500. The first-order valence-corrected chi connectivity index (χ1v) is 13.5. The summed E-state index contributed by atoms with van der Waals surface area (Å²) in [6.07, 6.45) is 2.11. The van der Waals surface area contributed by atoms with E-state index in [0.29, 0.717) is 12.5 Å². The van der Waals surface area contributed by atoms with Gasteiger partial charge in [0.2, 0.25) is 20.0 Å². The molecule has 0 spiro atoms. The Morgan fingerprint density at radius 2 is 1.46 bits per heavy atom. The fourth-order valence-electron chi connectivity index (χ4n) is 2.43. The minimum absolute atomic E-state index is 0. The van der Waals surface area contributed by atoms with Gasteiger partial charge in [0.05, 0.1) is 24.5 Å². The predicted octanol–water partition coefficient (Wildman–Crippen LogP) is -2.40. The van der Waals surface area contributed by atoms with Crippen LogP contribution >= 0.6 is 0 Å². The van der Waals surface area contributed by atoms with Crippen molar-refractivity contribution in [2.24, 2.45) is 0 Å². The fourth-order valence-corrected chi connectivity index (χ4v) is 6.46. The Bertz CT molecular complexity index is 1230. The maximum Gasteiger partial charge on any atom is 1.00 e. The molecule has 152 valence electrons. The average Bonchev–Trinajstić information content (AvgIpc) is 2.43. The normalized spacial score (nSPS) is 13.6. The standard InChI is InChI=1S/C13H15NO9S4.Na.H/c1-25(17,18)14(26(2,19)20)11-6-4-5-10-9(11)7-8-12(24(15)16)13(10)23-27(3,21)22;;/h4-8H,1-3H3,(H,15,16);;/q;+1;-1. The molecule has 1 unspecified atom stereocenters. The van der Waals surface area contributed by atoms with Gasteiger partial charge in [0.1, 0.15) is 4.90 Å². The smallest absolute Gasteiger partial charge is 1.00 e. The van der Waals surface area contributed by atoms with Crippen LogP contribution in [0.5, 0.6) is 5.75 Å². The Labute approximate surface area is 189 Å². The summed E-state index contributed by atoms with van der Waals surface area (Å²) in [5, 5.41) is -0.0728. The largest absolute Gasteiger partial charge is 1.00 e. The number of hydrogen-bond donors (Lipinski definition) is 1. The molecule has 10 nitrogen and oxygen atoms in total. The summed E-state index contributed by atoms with van der Waals surface area (Å²) in [6.45, 7) is 0. The van der Waals surface area contributed by atoms with Crippen LogP contribution in [-0.2, 0) is 41.2 Å². The Balaban J connectivity index is 0.00000392. The van der Waals surface area contributed by atoms with Crippen LogP contribution in [0.1, 0.15) is 1.43 Å². The summed E-state index contributed by atoms with van der Waals surface area (Å²) in [5.41, 5.74) is -0.286. The zero-order valence-corrected chi connectivity index (χ0v) is 20.4. The molecule has 1 N–H and O–H groups in total. The Hall–Kier alpha value is -0.740. The van der Waals surface area contributed by atoms with Gasteiger partial charge >= 0.3 is 39.7 Å². The van der Waals surface area contributed by atoms with Gasteiger partial charge in [-0.2, -0.15) is 12.1 Å². The van der Waals surface area contributed by atoms with Crippen LogP contribution in [0, 0.1) is 0 Å². The molecule has 0 aliphatic heterocycles. The van der Waals surface area contributed by atoms with Crippen LogP contribution in [0.25, 0.3) is 10.8 Å². The molecule has 15 heteroatoms. The molecule has 0 aromatic heterocycles. The van der Waals surface area contributed by atoms with Crippen LogP contribution < -0.4 is 37.5 Å². The van der Waals surface area contributed by atoms with Gasteiger partial charge in [-0.05, 0) is 12.1 Å². The molecule has 0 saturated heterocycles. The van der Waals surface area contributed by atoms with Crippen molar-refractivity contribution in [2.45, 2.75) is 4.90 Å². The summed E-state index contributed by atoms with van der Waals surface area (Å²) in [6, 6.07) is 6.01. The molecule has 2 aromatic rings. The maximum absolute atomic E-state index is 12.0. The van der Waals surface area contributed by atoms with Gasteiger partial charge < -0.3 is 10.2 Å². The third-order valence-electron chi connectivity index (χ3n) is 3.17. The van der Waals surface area contributed by atoms with Crippen molar-refractivity contribution in [1.29, 1.82) is 0 Å². The number of sulfonamides is 2. The van der Waals surface area contributed by atoms with Crippen molar-refractivity contribution in [2.75, 3.05) is 22.5 Å². The van der Waals surface area contributed by atoms with Gasteiger partial charge in [-0.15, -0.1) is 0 Å². The Morgan fingerprint density at radius 3 is 1.89 bits per heavy atom. The molecule has 0 aliphatic rings. The van der Waals surface area contributed by atoms with E-state index in [0.717, 1.165) is 12.3 Å². The quantitative estimate of drug-likeness (QED) is 0.270. The van der Waals surface area contributed by atoms with Gasteiger partial charge in [0.25, 0.3) is 0 Å². The molecule has 0 saturated carbocycles. The van der Waals surface area contributed by atoms with Crippen molar-refractivity contribution in [3.63, 3.8) is 0 Å². The van der Waals surface area contributed by atoms with Crippen LogP contribution in [-0.4, -0.2) is 52.8 Å². The van der Waals surface area contributed by atoms with E-state index < -0.39 is 47.0 Å². The maximum atomic E-state index is 12.0. The summed E-state index contributed by atoms with van der Waals surface area (Å²) in [4.78, 5) is -0.379. The molecule has 2 aromatic carbocycles. The first kappa shape index (κ1) is 25.3. The van der Waals surface area contributed by atoms with E-state index in [1.807, 2.05) is 0 Å². The molecule has 0 heterocycles. The first-order valence-electron chi connectivity index (χ1n) is 6.89. The van der Waals surface area contributed by atoms with E-state index in [2.05, 4.69) is 0 Å². The Kier molecular flexibility index (Phi) is 7.73. The molecule has 0 amide bonds. The van der Waals surface area contributed by atoms with Gasteiger partial charge in [-0.3, -0.25) is 0 Å². The minimum Gasteiger partial charge on any atom is -1.00 e. The number of benzene rings is 2. The van der Waals surface area contributed by atoms with Crippen molar-refractivity contribution < 1.29 is 69.2 Å². The second-order valence-corrected chi connectivity index (χ2v) is 11.9. The third kappa shape index (κ3) is 5.66.